The first kappa shape index (κ1) is 17.5. The van der Waals surface area contributed by atoms with Crippen molar-refractivity contribution in [3.8, 4) is 11.5 Å². The molecule has 2 aromatic carbocycles. The molecule has 0 aliphatic heterocycles. The highest BCUT2D eigenvalue weighted by Gasteiger charge is 2.08. The summed E-state index contributed by atoms with van der Waals surface area (Å²) >= 11 is 0. The lowest BCUT2D eigenvalue weighted by Gasteiger charge is -2.11. The normalized spacial score (nSPS) is 10.1. The highest BCUT2D eigenvalue weighted by molar-refractivity contribution is 5.78. The van der Waals surface area contributed by atoms with Gasteiger partial charge in [0.05, 0.1) is 7.11 Å². The Kier molecular flexibility index (Phi) is 6.31. The fourth-order valence-corrected chi connectivity index (χ4v) is 2.07. The first-order chi connectivity index (χ1) is 11.6. The van der Waals surface area contributed by atoms with Crippen molar-refractivity contribution in [2.45, 2.75) is 6.42 Å². The number of aldehydes is 1. The van der Waals surface area contributed by atoms with Gasteiger partial charge in [-0.1, -0.05) is 12.1 Å². The van der Waals surface area contributed by atoms with E-state index in [1.807, 2.05) is 0 Å². The number of hydrogen-bond acceptors (Lipinski definition) is 4. The number of hydrogen-bond donors (Lipinski definition) is 1. The summed E-state index contributed by atoms with van der Waals surface area (Å²) in [4.78, 5) is 22.6. The van der Waals surface area contributed by atoms with Crippen molar-refractivity contribution in [2.24, 2.45) is 0 Å². The van der Waals surface area contributed by atoms with Gasteiger partial charge in [0.15, 0.2) is 18.1 Å². The quantitative estimate of drug-likeness (QED) is 0.754. The molecule has 0 heterocycles. The molecule has 0 aliphatic carbocycles. The van der Waals surface area contributed by atoms with Crippen LogP contribution in [0.3, 0.4) is 0 Å². The molecule has 0 aliphatic rings. The van der Waals surface area contributed by atoms with Gasteiger partial charge in [0.25, 0.3) is 5.91 Å². The highest BCUT2D eigenvalue weighted by atomic mass is 19.1. The van der Waals surface area contributed by atoms with Crippen LogP contribution in [-0.4, -0.2) is 32.5 Å². The second-order valence-corrected chi connectivity index (χ2v) is 5.04. The van der Waals surface area contributed by atoms with Gasteiger partial charge in [-0.15, -0.1) is 0 Å². The summed E-state index contributed by atoms with van der Waals surface area (Å²) in [6.07, 6.45) is 1.28. The van der Waals surface area contributed by atoms with Gasteiger partial charge in [-0.25, -0.2) is 4.39 Å². The Bertz CT molecular complexity index is 701. The van der Waals surface area contributed by atoms with E-state index in [4.69, 9.17) is 9.47 Å². The van der Waals surface area contributed by atoms with E-state index >= 15 is 0 Å². The van der Waals surface area contributed by atoms with Crippen LogP contribution in [0.5, 0.6) is 11.5 Å². The molecule has 1 N–H and O–H groups in total. The summed E-state index contributed by atoms with van der Waals surface area (Å²) in [6.45, 7) is 0.224. The summed E-state index contributed by atoms with van der Waals surface area (Å²) in [5.74, 6) is 0.189. The summed E-state index contributed by atoms with van der Waals surface area (Å²) in [6, 6.07) is 10.8. The summed E-state index contributed by atoms with van der Waals surface area (Å²) in [5, 5.41) is 2.71. The molecular formula is C18H18FNO4. The fourth-order valence-electron chi connectivity index (χ4n) is 2.07. The number of amides is 1. The van der Waals surface area contributed by atoms with Gasteiger partial charge in [0.2, 0.25) is 0 Å². The van der Waals surface area contributed by atoms with E-state index in [-0.39, 0.29) is 18.3 Å². The van der Waals surface area contributed by atoms with E-state index < -0.39 is 0 Å². The van der Waals surface area contributed by atoms with Crippen molar-refractivity contribution in [2.75, 3.05) is 20.3 Å². The first-order valence-electron chi connectivity index (χ1n) is 7.39. The van der Waals surface area contributed by atoms with E-state index in [1.54, 1.807) is 24.3 Å². The molecule has 0 fully saturated rings. The number of ether oxygens (including phenoxy) is 2. The average Bonchev–Trinajstić information content (AvgIpc) is 2.61. The molecule has 2 aromatic rings. The molecule has 0 unspecified atom stereocenters. The Morgan fingerprint density at radius 1 is 1.17 bits per heavy atom. The Morgan fingerprint density at radius 2 is 1.92 bits per heavy atom. The van der Waals surface area contributed by atoms with Crippen molar-refractivity contribution in [3.63, 3.8) is 0 Å². The van der Waals surface area contributed by atoms with Gasteiger partial charge in [0, 0.05) is 12.1 Å². The monoisotopic (exact) mass is 331 g/mol. The van der Waals surface area contributed by atoms with Crippen LogP contribution in [0, 0.1) is 5.82 Å². The lowest BCUT2D eigenvalue weighted by molar-refractivity contribution is -0.123. The zero-order valence-corrected chi connectivity index (χ0v) is 13.3. The molecule has 5 nitrogen and oxygen atoms in total. The molecule has 0 saturated carbocycles. The van der Waals surface area contributed by atoms with Crippen LogP contribution in [0.1, 0.15) is 15.9 Å². The summed E-state index contributed by atoms with van der Waals surface area (Å²) < 4.78 is 23.3. The van der Waals surface area contributed by atoms with Crippen LogP contribution in [0.15, 0.2) is 42.5 Å². The van der Waals surface area contributed by atoms with Crippen LogP contribution >= 0.6 is 0 Å². The van der Waals surface area contributed by atoms with Gasteiger partial charge in [-0.2, -0.15) is 0 Å². The number of carbonyl (C=O) groups excluding carboxylic acids is 2. The van der Waals surface area contributed by atoms with E-state index in [1.165, 1.54) is 25.3 Å². The molecule has 1 amide bonds. The van der Waals surface area contributed by atoms with E-state index in [0.29, 0.717) is 36.3 Å². The molecule has 24 heavy (non-hydrogen) atoms. The zero-order valence-electron chi connectivity index (χ0n) is 13.3. The van der Waals surface area contributed by atoms with Crippen molar-refractivity contribution in [3.05, 3.63) is 59.4 Å². The predicted octanol–water partition coefficient (Wildman–Crippen LogP) is 2.38. The van der Waals surface area contributed by atoms with Gasteiger partial charge in [-0.05, 0) is 42.3 Å². The number of carbonyl (C=O) groups is 2. The maximum Gasteiger partial charge on any atom is 0.257 e. The molecule has 0 saturated heterocycles. The second kappa shape index (κ2) is 8.67. The molecule has 0 aromatic heterocycles. The molecule has 2 rings (SSSR count). The van der Waals surface area contributed by atoms with E-state index in [0.717, 1.165) is 5.56 Å². The first-order valence-corrected chi connectivity index (χ1v) is 7.39. The van der Waals surface area contributed by atoms with Gasteiger partial charge < -0.3 is 14.8 Å². The lowest BCUT2D eigenvalue weighted by atomic mass is 10.1. The standard InChI is InChI=1S/C18H18FNO4/c1-23-16-7-4-14(11-21)10-17(16)24-12-18(22)20-9-8-13-2-5-15(19)6-3-13/h2-7,10-11H,8-9,12H2,1H3,(H,20,22). The minimum Gasteiger partial charge on any atom is -0.493 e. The largest absolute Gasteiger partial charge is 0.493 e. The van der Waals surface area contributed by atoms with Crippen LogP contribution in [0.2, 0.25) is 0 Å². The van der Waals surface area contributed by atoms with Crippen LogP contribution in [-0.2, 0) is 11.2 Å². The third kappa shape index (κ3) is 5.08. The van der Waals surface area contributed by atoms with Crippen molar-refractivity contribution >= 4 is 12.2 Å². The van der Waals surface area contributed by atoms with Crippen molar-refractivity contribution < 1.29 is 23.5 Å². The minimum atomic E-state index is -0.296. The maximum atomic E-state index is 12.8. The number of rotatable bonds is 8. The topological polar surface area (TPSA) is 64.6 Å². The van der Waals surface area contributed by atoms with Crippen LogP contribution in [0.4, 0.5) is 4.39 Å². The van der Waals surface area contributed by atoms with Crippen LogP contribution < -0.4 is 14.8 Å². The van der Waals surface area contributed by atoms with Gasteiger partial charge in [-0.3, -0.25) is 9.59 Å². The van der Waals surface area contributed by atoms with Crippen molar-refractivity contribution in [1.29, 1.82) is 0 Å². The Morgan fingerprint density at radius 3 is 2.58 bits per heavy atom. The molecule has 0 radical (unpaired) electrons. The summed E-state index contributed by atoms with van der Waals surface area (Å²) in [5.41, 5.74) is 1.36. The Hall–Kier alpha value is -2.89. The van der Waals surface area contributed by atoms with Gasteiger partial charge >= 0.3 is 0 Å². The molecule has 0 spiro atoms. The van der Waals surface area contributed by atoms with E-state index in [9.17, 15) is 14.0 Å². The number of methoxy groups -OCH3 is 1. The third-order valence-corrected chi connectivity index (χ3v) is 3.33. The Balaban J connectivity index is 1.80. The van der Waals surface area contributed by atoms with E-state index in [2.05, 4.69) is 5.32 Å². The maximum absolute atomic E-state index is 12.8. The predicted molar refractivity (Wildman–Crippen MR) is 87.0 cm³/mol. The molecule has 126 valence electrons. The Labute approximate surface area is 139 Å². The molecular weight excluding hydrogens is 313 g/mol. The average molecular weight is 331 g/mol. The van der Waals surface area contributed by atoms with Crippen LogP contribution in [0.25, 0.3) is 0 Å². The second-order valence-electron chi connectivity index (χ2n) is 5.04. The van der Waals surface area contributed by atoms with Crippen molar-refractivity contribution in [1.82, 2.24) is 5.32 Å². The smallest absolute Gasteiger partial charge is 0.257 e. The summed E-state index contributed by atoms with van der Waals surface area (Å²) in [7, 11) is 1.48. The minimum absolute atomic E-state index is 0.192. The highest BCUT2D eigenvalue weighted by Crippen LogP contribution is 2.27. The lowest BCUT2D eigenvalue weighted by Crippen LogP contribution is -2.30. The van der Waals surface area contributed by atoms with Gasteiger partial charge in [0.1, 0.15) is 12.1 Å². The molecule has 0 bridgehead atoms. The SMILES string of the molecule is COc1ccc(C=O)cc1OCC(=O)NCCc1ccc(F)cc1. The zero-order chi connectivity index (χ0) is 17.4. The number of halogens is 1. The molecule has 6 heteroatoms. The number of nitrogens with one attached hydrogen (secondary N) is 1. The fraction of sp³-hybridized carbons (Fsp3) is 0.222. The third-order valence-electron chi connectivity index (χ3n) is 3.33. The molecule has 0 atom stereocenters. The number of benzene rings is 2.